The van der Waals surface area contributed by atoms with Gasteiger partial charge < -0.3 is 14.8 Å². The Morgan fingerprint density at radius 2 is 1.90 bits per heavy atom. The molecule has 1 aromatic rings. The minimum absolute atomic E-state index is 0.108. The molecule has 108 valence electrons. The molecule has 2 aliphatic heterocycles. The minimum atomic E-state index is -3.69. The Kier molecular flexibility index (Phi) is 3.27. The van der Waals surface area contributed by atoms with Gasteiger partial charge in [0.1, 0.15) is 13.2 Å². The number of amides is 1. The minimum Gasteiger partial charge on any atom is -0.486 e. The summed E-state index contributed by atoms with van der Waals surface area (Å²) in [6.45, 7) is 1.27. The number of ether oxygens (including phenoxy) is 2. The molecule has 3 rings (SSSR count). The second kappa shape index (κ2) is 4.95. The molecule has 0 atom stereocenters. The van der Waals surface area contributed by atoms with Gasteiger partial charge in [-0.2, -0.15) is 4.31 Å². The van der Waals surface area contributed by atoms with Gasteiger partial charge in [-0.15, -0.1) is 0 Å². The number of carbonyl (C=O) groups excluding carboxylic acids is 1. The van der Waals surface area contributed by atoms with Crippen LogP contribution in [-0.2, 0) is 14.8 Å². The largest absolute Gasteiger partial charge is 0.486 e. The van der Waals surface area contributed by atoms with Crippen molar-refractivity contribution in [1.82, 2.24) is 9.62 Å². The first-order valence-electron chi connectivity index (χ1n) is 6.24. The predicted molar refractivity (Wildman–Crippen MR) is 69.2 cm³/mol. The first-order chi connectivity index (χ1) is 9.57. The van der Waals surface area contributed by atoms with Crippen LogP contribution >= 0.6 is 0 Å². The van der Waals surface area contributed by atoms with E-state index in [0.717, 1.165) is 4.31 Å². The molecule has 1 amide bonds. The number of piperazine rings is 1. The standard InChI is InChI=1S/C12H14N2O5S/c15-12-8-14(4-3-13-12)20(16,17)9-1-2-10-11(7-9)19-6-5-18-10/h1-2,7H,3-6,8H2,(H,13,15). The zero-order valence-electron chi connectivity index (χ0n) is 10.7. The Bertz CT molecular complexity index is 643. The Balaban J connectivity index is 1.92. The molecule has 1 N–H and O–H groups in total. The van der Waals surface area contributed by atoms with E-state index in [0.29, 0.717) is 31.3 Å². The SMILES string of the molecule is O=C1CN(S(=O)(=O)c2ccc3c(c2)OCCO3)CCN1. The normalized spacial score (nSPS) is 19.5. The molecule has 2 aliphatic rings. The van der Waals surface area contributed by atoms with Crippen LogP contribution in [0.3, 0.4) is 0 Å². The summed E-state index contributed by atoms with van der Waals surface area (Å²) in [7, 11) is -3.69. The lowest BCUT2D eigenvalue weighted by Gasteiger charge is -2.26. The van der Waals surface area contributed by atoms with E-state index in [2.05, 4.69) is 5.32 Å². The molecule has 8 heteroatoms. The van der Waals surface area contributed by atoms with Crippen molar-refractivity contribution < 1.29 is 22.7 Å². The fraction of sp³-hybridized carbons (Fsp3) is 0.417. The molecule has 0 aliphatic carbocycles. The van der Waals surface area contributed by atoms with Crippen LogP contribution in [0.25, 0.3) is 0 Å². The quantitative estimate of drug-likeness (QED) is 0.801. The lowest BCUT2D eigenvalue weighted by Crippen LogP contribution is -2.49. The van der Waals surface area contributed by atoms with E-state index in [1.165, 1.54) is 12.1 Å². The van der Waals surface area contributed by atoms with Gasteiger partial charge in [0.25, 0.3) is 0 Å². The molecule has 1 aromatic carbocycles. The van der Waals surface area contributed by atoms with Crippen molar-refractivity contribution >= 4 is 15.9 Å². The van der Waals surface area contributed by atoms with Crippen molar-refractivity contribution in [3.05, 3.63) is 18.2 Å². The average molecular weight is 298 g/mol. The van der Waals surface area contributed by atoms with Crippen LogP contribution in [0.1, 0.15) is 0 Å². The summed E-state index contributed by atoms with van der Waals surface area (Å²) >= 11 is 0. The summed E-state index contributed by atoms with van der Waals surface area (Å²) in [5.74, 6) is 0.655. The van der Waals surface area contributed by atoms with Crippen molar-refractivity contribution in [1.29, 1.82) is 0 Å². The molecular weight excluding hydrogens is 284 g/mol. The van der Waals surface area contributed by atoms with E-state index < -0.39 is 10.0 Å². The number of rotatable bonds is 2. The van der Waals surface area contributed by atoms with E-state index in [4.69, 9.17) is 9.47 Å². The van der Waals surface area contributed by atoms with Gasteiger partial charge >= 0.3 is 0 Å². The molecule has 0 saturated carbocycles. The maximum absolute atomic E-state index is 12.5. The summed E-state index contributed by atoms with van der Waals surface area (Å²) in [6.07, 6.45) is 0. The van der Waals surface area contributed by atoms with Gasteiger partial charge in [0, 0.05) is 19.2 Å². The van der Waals surface area contributed by atoms with Crippen LogP contribution in [-0.4, -0.2) is 51.5 Å². The molecule has 0 aromatic heterocycles. The molecule has 1 saturated heterocycles. The molecule has 0 radical (unpaired) electrons. The summed E-state index contributed by atoms with van der Waals surface area (Å²) in [6, 6.07) is 4.48. The molecular formula is C12H14N2O5S. The van der Waals surface area contributed by atoms with Crippen molar-refractivity contribution in [2.24, 2.45) is 0 Å². The zero-order chi connectivity index (χ0) is 14.2. The van der Waals surface area contributed by atoms with E-state index in [1.807, 2.05) is 0 Å². The van der Waals surface area contributed by atoms with Gasteiger partial charge in [0.2, 0.25) is 15.9 Å². The smallest absolute Gasteiger partial charge is 0.243 e. The van der Waals surface area contributed by atoms with Gasteiger partial charge in [-0.25, -0.2) is 8.42 Å². The van der Waals surface area contributed by atoms with Gasteiger partial charge in [0.05, 0.1) is 11.4 Å². The van der Waals surface area contributed by atoms with E-state index >= 15 is 0 Å². The van der Waals surface area contributed by atoms with Crippen molar-refractivity contribution in [3.63, 3.8) is 0 Å². The van der Waals surface area contributed by atoms with Crippen LogP contribution in [0.15, 0.2) is 23.1 Å². The number of nitrogens with zero attached hydrogens (tertiary/aromatic N) is 1. The van der Waals surface area contributed by atoms with Crippen LogP contribution in [0.4, 0.5) is 0 Å². The van der Waals surface area contributed by atoms with Crippen LogP contribution in [0.2, 0.25) is 0 Å². The Labute approximate surface area is 116 Å². The van der Waals surface area contributed by atoms with Gasteiger partial charge in [-0.3, -0.25) is 4.79 Å². The highest BCUT2D eigenvalue weighted by atomic mass is 32.2. The van der Waals surface area contributed by atoms with Gasteiger partial charge in [0.15, 0.2) is 11.5 Å². The molecule has 2 heterocycles. The Hall–Kier alpha value is -1.80. The van der Waals surface area contributed by atoms with E-state index in [-0.39, 0.29) is 23.9 Å². The predicted octanol–water partition coefficient (Wildman–Crippen LogP) is -0.422. The van der Waals surface area contributed by atoms with Gasteiger partial charge in [-0.1, -0.05) is 0 Å². The molecule has 20 heavy (non-hydrogen) atoms. The zero-order valence-corrected chi connectivity index (χ0v) is 11.5. The van der Waals surface area contributed by atoms with Gasteiger partial charge in [-0.05, 0) is 12.1 Å². The van der Waals surface area contributed by atoms with Crippen LogP contribution in [0.5, 0.6) is 11.5 Å². The third-order valence-electron chi connectivity index (χ3n) is 3.15. The number of carbonyl (C=O) groups is 1. The summed E-state index contributed by atoms with van der Waals surface area (Å²) in [5, 5.41) is 2.60. The molecule has 0 bridgehead atoms. The number of benzene rings is 1. The maximum atomic E-state index is 12.5. The van der Waals surface area contributed by atoms with Crippen molar-refractivity contribution in [2.75, 3.05) is 32.8 Å². The molecule has 7 nitrogen and oxygen atoms in total. The van der Waals surface area contributed by atoms with Crippen molar-refractivity contribution in [3.8, 4) is 11.5 Å². The first kappa shape index (κ1) is 13.2. The molecule has 1 fully saturated rings. The third kappa shape index (κ3) is 2.32. The number of hydrogen-bond acceptors (Lipinski definition) is 5. The van der Waals surface area contributed by atoms with Crippen molar-refractivity contribution in [2.45, 2.75) is 4.90 Å². The number of hydrogen-bond donors (Lipinski definition) is 1. The second-order valence-electron chi connectivity index (χ2n) is 4.49. The lowest BCUT2D eigenvalue weighted by molar-refractivity contribution is -0.122. The lowest BCUT2D eigenvalue weighted by atomic mass is 10.3. The van der Waals surface area contributed by atoms with Crippen LogP contribution < -0.4 is 14.8 Å². The highest BCUT2D eigenvalue weighted by molar-refractivity contribution is 7.89. The summed E-state index contributed by atoms with van der Waals surface area (Å²) in [4.78, 5) is 11.4. The Morgan fingerprint density at radius 1 is 1.15 bits per heavy atom. The summed E-state index contributed by atoms with van der Waals surface area (Å²) in [5.41, 5.74) is 0. The highest BCUT2D eigenvalue weighted by Gasteiger charge is 2.30. The number of sulfonamides is 1. The summed E-state index contributed by atoms with van der Waals surface area (Å²) < 4.78 is 36.8. The number of nitrogens with one attached hydrogen (secondary N) is 1. The third-order valence-corrected chi connectivity index (χ3v) is 5.00. The number of fused-ring (bicyclic) bond motifs is 1. The topological polar surface area (TPSA) is 84.9 Å². The van der Waals surface area contributed by atoms with E-state index in [1.54, 1.807) is 6.07 Å². The highest BCUT2D eigenvalue weighted by Crippen LogP contribution is 2.33. The maximum Gasteiger partial charge on any atom is 0.243 e. The van der Waals surface area contributed by atoms with E-state index in [9.17, 15) is 13.2 Å². The Morgan fingerprint density at radius 3 is 2.65 bits per heavy atom. The molecule has 0 spiro atoms. The molecule has 0 unspecified atom stereocenters. The fourth-order valence-electron chi connectivity index (χ4n) is 2.15. The fourth-order valence-corrected chi connectivity index (χ4v) is 3.57. The van der Waals surface area contributed by atoms with Crippen LogP contribution in [0, 0.1) is 0 Å². The second-order valence-corrected chi connectivity index (χ2v) is 6.43. The monoisotopic (exact) mass is 298 g/mol. The first-order valence-corrected chi connectivity index (χ1v) is 7.68. The average Bonchev–Trinajstić information content (AvgIpc) is 2.46.